The van der Waals surface area contributed by atoms with Crippen molar-refractivity contribution in [1.82, 2.24) is 0 Å². The van der Waals surface area contributed by atoms with Crippen LogP contribution in [0.25, 0.3) is 6.08 Å². The molecule has 0 aliphatic carbocycles. The van der Waals surface area contributed by atoms with E-state index in [0.717, 1.165) is 11.3 Å². The SMILES string of the molecule is COc1ccc(/C=C/C(=O)c2cc(OC)c(OC)cc2N)cc1. The maximum absolute atomic E-state index is 12.3. The van der Waals surface area contributed by atoms with Crippen molar-refractivity contribution in [3.8, 4) is 17.2 Å². The van der Waals surface area contributed by atoms with Crippen molar-refractivity contribution in [2.24, 2.45) is 0 Å². The molecule has 0 atom stereocenters. The van der Waals surface area contributed by atoms with Crippen LogP contribution in [0.3, 0.4) is 0 Å². The van der Waals surface area contributed by atoms with Crippen LogP contribution in [-0.4, -0.2) is 27.1 Å². The molecule has 2 N–H and O–H groups in total. The predicted octanol–water partition coefficient (Wildman–Crippen LogP) is 3.19. The Morgan fingerprint density at radius 2 is 1.57 bits per heavy atom. The number of carbonyl (C=O) groups is 1. The Hall–Kier alpha value is -2.95. The highest BCUT2D eigenvalue weighted by molar-refractivity contribution is 6.10. The van der Waals surface area contributed by atoms with Gasteiger partial charge in [-0.1, -0.05) is 18.2 Å². The molecular formula is C18H19NO4. The summed E-state index contributed by atoms with van der Waals surface area (Å²) in [6, 6.07) is 10.5. The molecule has 0 amide bonds. The van der Waals surface area contributed by atoms with Crippen LogP contribution in [0.4, 0.5) is 5.69 Å². The summed E-state index contributed by atoms with van der Waals surface area (Å²) < 4.78 is 15.5. The third-order valence-corrected chi connectivity index (χ3v) is 3.36. The lowest BCUT2D eigenvalue weighted by Gasteiger charge is -2.10. The van der Waals surface area contributed by atoms with E-state index < -0.39 is 0 Å². The van der Waals surface area contributed by atoms with Crippen LogP contribution < -0.4 is 19.9 Å². The molecule has 2 rings (SSSR count). The zero-order valence-corrected chi connectivity index (χ0v) is 13.3. The van der Waals surface area contributed by atoms with E-state index >= 15 is 0 Å². The van der Waals surface area contributed by atoms with Gasteiger partial charge in [0.1, 0.15) is 5.75 Å². The fourth-order valence-electron chi connectivity index (χ4n) is 2.08. The molecule has 0 saturated heterocycles. The monoisotopic (exact) mass is 313 g/mol. The highest BCUT2D eigenvalue weighted by Gasteiger charge is 2.13. The summed E-state index contributed by atoms with van der Waals surface area (Å²) in [5.74, 6) is 1.50. The lowest BCUT2D eigenvalue weighted by Crippen LogP contribution is -2.03. The topological polar surface area (TPSA) is 70.8 Å². The van der Waals surface area contributed by atoms with Crippen molar-refractivity contribution in [3.63, 3.8) is 0 Å². The number of rotatable bonds is 6. The maximum atomic E-state index is 12.3. The zero-order chi connectivity index (χ0) is 16.8. The number of benzene rings is 2. The third kappa shape index (κ3) is 3.83. The number of ketones is 1. The molecule has 23 heavy (non-hydrogen) atoms. The maximum Gasteiger partial charge on any atom is 0.188 e. The first-order valence-corrected chi connectivity index (χ1v) is 6.97. The van der Waals surface area contributed by atoms with Gasteiger partial charge in [-0.2, -0.15) is 0 Å². The molecule has 0 aliphatic heterocycles. The smallest absolute Gasteiger partial charge is 0.188 e. The normalized spacial score (nSPS) is 10.6. The van der Waals surface area contributed by atoms with E-state index in [1.807, 2.05) is 24.3 Å². The molecule has 2 aromatic carbocycles. The Bertz CT molecular complexity index is 721. The molecule has 0 saturated carbocycles. The Labute approximate surface area is 135 Å². The number of hydrogen-bond donors (Lipinski definition) is 1. The van der Waals surface area contributed by atoms with Crippen molar-refractivity contribution < 1.29 is 19.0 Å². The van der Waals surface area contributed by atoms with Gasteiger partial charge in [0.2, 0.25) is 0 Å². The van der Waals surface area contributed by atoms with E-state index in [1.54, 1.807) is 25.3 Å². The Balaban J connectivity index is 2.24. The number of nitrogen functional groups attached to an aromatic ring is 1. The van der Waals surface area contributed by atoms with Gasteiger partial charge in [-0.25, -0.2) is 0 Å². The molecule has 0 bridgehead atoms. The van der Waals surface area contributed by atoms with Crippen LogP contribution in [0, 0.1) is 0 Å². The summed E-state index contributed by atoms with van der Waals surface area (Å²) in [5, 5.41) is 0. The van der Waals surface area contributed by atoms with Gasteiger partial charge in [-0.3, -0.25) is 4.79 Å². The first-order valence-electron chi connectivity index (χ1n) is 6.97. The number of anilines is 1. The van der Waals surface area contributed by atoms with E-state index in [9.17, 15) is 4.79 Å². The van der Waals surface area contributed by atoms with Gasteiger partial charge < -0.3 is 19.9 Å². The van der Waals surface area contributed by atoms with Crippen molar-refractivity contribution in [2.45, 2.75) is 0 Å². The largest absolute Gasteiger partial charge is 0.497 e. The van der Waals surface area contributed by atoms with Gasteiger partial charge in [-0.15, -0.1) is 0 Å². The predicted molar refractivity (Wildman–Crippen MR) is 90.3 cm³/mol. The molecule has 0 aliphatic rings. The van der Waals surface area contributed by atoms with Crippen LogP contribution in [0.15, 0.2) is 42.5 Å². The minimum absolute atomic E-state index is 0.209. The van der Waals surface area contributed by atoms with Crippen molar-refractivity contribution in [3.05, 3.63) is 53.6 Å². The molecule has 0 heterocycles. The minimum Gasteiger partial charge on any atom is -0.497 e. The molecular weight excluding hydrogens is 294 g/mol. The van der Waals surface area contributed by atoms with E-state index in [-0.39, 0.29) is 5.78 Å². The second-order valence-electron chi connectivity index (χ2n) is 4.77. The van der Waals surface area contributed by atoms with Gasteiger partial charge in [0, 0.05) is 17.3 Å². The number of ether oxygens (including phenoxy) is 3. The Morgan fingerprint density at radius 1 is 0.957 bits per heavy atom. The summed E-state index contributed by atoms with van der Waals surface area (Å²) in [5.41, 5.74) is 7.52. The number of hydrogen-bond acceptors (Lipinski definition) is 5. The summed E-state index contributed by atoms with van der Waals surface area (Å²) >= 11 is 0. The van der Waals surface area contributed by atoms with Crippen LogP contribution in [-0.2, 0) is 0 Å². The summed E-state index contributed by atoms with van der Waals surface area (Å²) in [4.78, 5) is 12.3. The standard InChI is InChI=1S/C18H19NO4/c1-21-13-7-4-12(5-8-13)6-9-16(20)14-10-17(22-2)18(23-3)11-15(14)19/h4-11H,19H2,1-3H3/b9-6+. The van der Waals surface area contributed by atoms with E-state index in [0.29, 0.717) is 22.7 Å². The first kappa shape index (κ1) is 16.4. The second-order valence-corrected chi connectivity index (χ2v) is 4.77. The average molecular weight is 313 g/mol. The molecule has 120 valence electrons. The van der Waals surface area contributed by atoms with Gasteiger partial charge in [-0.05, 0) is 29.8 Å². The molecule has 0 radical (unpaired) electrons. The minimum atomic E-state index is -0.209. The van der Waals surface area contributed by atoms with Crippen molar-refractivity contribution in [1.29, 1.82) is 0 Å². The zero-order valence-electron chi connectivity index (χ0n) is 13.3. The quantitative estimate of drug-likeness (QED) is 0.504. The first-order chi connectivity index (χ1) is 11.1. The van der Waals surface area contributed by atoms with Crippen LogP contribution in [0.2, 0.25) is 0 Å². The summed E-state index contributed by atoms with van der Waals surface area (Å²) in [7, 11) is 4.63. The fourth-order valence-corrected chi connectivity index (χ4v) is 2.08. The highest BCUT2D eigenvalue weighted by atomic mass is 16.5. The third-order valence-electron chi connectivity index (χ3n) is 3.36. The Kier molecular flexibility index (Phi) is 5.25. The van der Waals surface area contributed by atoms with Gasteiger partial charge in [0.25, 0.3) is 0 Å². The lowest BCUT2D eigenvalue weighted by atomic mass is 10.1. The van der Waals surface area contributed by atoms with E-state index in [4.69, 9.17) is 19.9 Å². The Morgan fingerprint density at radius 3 is 2.13 bits per heavy atom. The molecule has 0 unspecified atom stereocenters. The van der Waals surface area contributed by atoms with E-state index in [1.165, 1.54) is 20.3 Å². The molecule has 0 aromatic heterocycles. The van der Waals surface area contributed by atoms with Crippen LogP contribution in [0.5, 0.6) is 17.2 Å². The average Bonchev–Trinajstić information content (AvgIpc) is 2.59. The molecule has 0 fully saturated rings. The van der Waals surface area contributed by atoms with Gasteiger partial charge >= 0.3 is 0 Å². The van der Waals surface area contributed by atoms with Crippen LogP contribution >= 0.6 is 0 Å². The molecule has 2 aromatic rings. The molecule has 0 spiro atoms. The number of carbonyl (C=O) groups excluding carboxylic acids is 1. The highest BCUT2D eigenvalue weighted by Crippen LogP contribution is 2.32. The van der Waals surface area contributed by atoms with Crippen molar-refractivity contribution >= 4 is 17.5 Å². The van der Waals surface area contributed by atoms with Crippen molar-refractivity contribution in [2.75, 3.05) is 27.1 Å². The number of methoxy groups -OCH3 is 3. The second kappa shape index (κ2) is 7.35. The number of allylic oxidation sites excluding steroid dienone is 1. The lowest BCUT2D eigenvalue weighted by molar-refractivity contribution is 0.104. The van der Waals surface area contributed by atoms with E-state index in [2.05, 4.69) is 0 Å². The molecule has 5 nitrogen and oxygen atoms in total. The van der Waals surface area contributed by atoms with Gasteiger partial charge in [0.15, 0.2) is 17.3 Å². The summed E-state index contributed by atoms with van der Waals surface area (Å²) in [6.07, 6.45) is 3.19. The molecule has 5 heteroatoms. The van der Waals surface area contributed by atoms with Crippen LogP contribution in [0.1, 0.15) is 15.9 Å². The fraction of sp³-hybridized carbons (Fsp3) is 0.167. The van der Waals surface area contributed by atoms with Gasteiger partial charge in [0.05, 0.1) is 21.3 Å². The summed E-state index contributed by atoms with van der Waals surface area (Å²) in [6.45, 7) is 0. The number of nitrogens with two attached hydrogens (primary N) is 1.